The van der Waals surface area contributed by atoms with Crippen molar-refractivity contribution in [3.63, 3.8) is 0 Å². The van der Waals surface area contributed by atoms with E-state index in [1.165, 1.54) is 0 Å². The van der Waals surface area contributed by atoms with E-state index in [0.717, 1.165) is 27.5 Å². The number of anilines is 3. The molecule has 6 nitrogen and oxygen atoms in total. The maximum Gasteiger partial charge on any atom is 0.164 e. The van der Waals surface area contributed by atoms with Gasteiger partial charge in [0, 0.05) is 55.7 Å². The lowest BCUT2D eigenvalue weighted by Gasteiger charge is -2.26. The van der Waals surface area contributed by atoms with E-state index in [1.807, 2.05) is 163 Å². The Morgan fingerprint density at radius 1 is 0.404 bits per heavy atom. The Morgan fingerprint density at radius 3 is 1.68 bits per heavy atom. The Kier molecular flexibility index (Phi) is 6.35. The fourth-order valence-corrected chi connectivity index (χ4v) is 7.36. The molecule has 0 radical (unpaired) electrons. The summed E-state index contributed by atoms with van der Waals surface area (Å²) in [6.45, 7) is 0. The molecule has 8 aromatic carbocycles. The molecule has 268 valence electrons. The van der Waals surface area contributed by atoms with Gasteiger partial charge in [-0.15, -0.1) is 0 Å². The number of nitrogens with zero attached hydrogens (tertiary/aromatic N) is 4. The van der Waals surface area contributed by atoms with Crippen LogP contribution in [0, 0.1) is 0 Å². The average molecular weight is 739 g/mol. The molecule has 0 aliphatic carbocycles. The first kappa shape index (κ1) is 26.9. The number of hydrogen-bond donors (Lipinski definition) is 0. The van der Waals surface area contributed by atoms with Crippen LogP contribution in [-0.4, -0.2) is 15.0 Å². The van der Waals surface area contributed by atoms with Crippen LogP contribution in [0.25, 0.3) is 89.2 Å². The van der Waals surface area contributed by atoms with E-state index in [2.05, 4.69) is 0 Å². The van der Waals surface area contributed by atoms with Gasteiger partial charge in [0.05, 0.1) is 13.9 Å². The van der Waals surface area contributed by atoms with E-state index in [-0.39, 0.29) is 57.1 Å². The molecule has 0 bridgehead atoms. The van der Waals surface area contributed by atoms with E-state index in [1.54, 1.807) is 0 Å². The maximum absolute atomic E-state index is 10.3. The van der Waals surface area contributed by atoms with Gasteiger partial charge in [-0.25, -0.2) is 15.0 Å². The Bertz CT molecular complexity index is 3520. The van der Waals surface area contributed by atoms with Gasteiger partial charge in [0.2, 0.25) is 0 Å². The Balaban J connectivity index is 1.27. The SMILES string of the molecule is [2H]c1c([2H])c([2H])c2c(oc3c([2H])c(N(c4ccc(-c5ccccc5)cc4)c4ccc5oc6ccccc6c5c4)c([2H])c(-c4nc(-c5ccccc5)nc(-c5ccccc5)n4)c32)c1[2H]. The van der Waals surface area contributed by atoms with Crippen LogP contribution >= 0.6 is 0 Å². The number of hydrogen-bond acceptors (Lipinski definition) is 6. The Hall–Kier alpha value is -7.83. The van der Waals surface area contributed by atoms with Crippen molar-refractivity contribution in [3.8, 4) is 45.3 Å². The van der Waals surface area contributed by atoms with Gasteiger partial charge < -0.3 is 13.7 Å². The van der Waals surface area contributed by atoms with Crippen LogP contribution in [0.3, 0.4) is 0 Å². The number of fused-ring (bicyclic) bond motifs is 6. The zero-order chi connectivity index (χ0) is 42.9. The highest BCUT2D eigenvalue weighted by Crippen LogP contribution is 2.45. The second-order valence-corrected chi connectivity index (χ2v) is 13.5. The summed E-state index contributed by atoms with van der Waals surface area (Å²) in [5, 5.41) is 1.87. The van der Waals surface area contributed by atoms with E-state index in [4.69, 9.17) is 29.3 Å². The molecule has 0 unspecified atom stereocenters. The van der Waals surface area contributed by atoms with Gasteiger partial charge >= 0.3 is 0 Å². The van der Waals surface area contributed by atoms with Gasteiger partial charge in [0.25, 0.3) is 0 Å². The monoisotopic (exact) mass is 738 g/mol. The van der Waals surface area contributed by atoms with E-state index >= 15 is 0 Å². The number of furan rings is 2. The molecule has 0 saturated heterocycles. The van der Waals surface area contributed by atoms with Gasteiger partial charge in [0.15, 0.2) is 17.5 Å². The van der Waals surface area contributed by atoms with E-state index in [0.29, 0.717) is 39.7 Å². The van der Waals surface area contributed by atoms with Gasteiger partial charge in [-0.05, 0) is 59.6 Å². The quantitative estimate of drug-likeness (QED) is 0.162. The fourth-order valence-electron chi connectivity index (χ4n) is 7.36. The molecule has 0 amide bonds. The van der Waals surface area contributed by atoms with Crippen molar-refractivity contribution in [3.05, 3.63) is 194 Å². The van der Waals surface area contributed by atoms with Crippen molar-refractivity contribution in [2.24, 2.45) is 0 Å². The second kappa shape index (κ2) is 13.5. The van der Waals surface area contributed by atoms with Gasteiger partial charge in [-0.3, -0.25) is 0 Å². The number of rotatable bonds is 7. The molecule has 0 spiro atoms. The highest BCUT2D eigenvalue weighted by atomic mass is 16.3. The molecule has 3 aromatic heterocycles. The van der Waals surface area contributed by atoms with Crippen LogP contribution in [0.1, 0.15) is 8.22 Å². The topological polar surface area (TPSA) is 68.2 Å². The highest BCUT2D eigenvalue weighted by Gasteiger charge is 2.23. The summed E-state index contributed by atoms with van der Waals surface area (Å²) in [6, 6.07) is 48.0. The lowest BCUT2D eigenvalue weighted by atomic mass is 10.0. The standard InChI is InChI=1S/C51H32N4O2/c1-4-14-33(15-5-1)34-24-26-37(27-25-34)55(38-28-29-46-42(30-38)40-20-10-12-22-44(40)56-46)39-31-43(48-41-21-11-13-23-45(41)57-47(48)32-39)51-53-49(35-16-6-2-7-17-35)52-50(54-51)36-18-8-3-9-19-36/h1-32H/i11D,13D,21D,23D,31D,32D. The van der Waals surface area contributed by atoms with E-state index < -0.39 is 18.1 Å². The number of para-hydroxylation sites is 2. The van der Waals surface area contributed by atoms with Crippen molar-refractivity contribution in [1.82, 2.24) is 15.0 Å². The third-order valence-electron chi connectivity index (χ3n) is 10.1. The molecule has 0 saturated carbocycles. The van der Waals surface area contributed by atoms with Crippen LogP contribution in [0.2, 0.25) is 0 Å². The molecule has 0 aliphatic heterocycles. The van der Waals surface area contributed by atoms with Crippen LogP contribution < -0.4 is 4.90 Å². The summed E-state index contributed by atoms with van der Waals surface area (Å²) in [5.41, 5.74) is 6.01. The summed E-state index contributed by atoms with van der Waals surface area (Å²) < 4.78 is 68.3. The third kappa shape index (κ3) is 5.79. The van der Waals surface area contributed by atoms with Crippen LogP contribution in [0.4, 0.5) is 17.1 Å². The van der Waals surface area contributed by atoms with E-state index in [9.17, 15) is 2.74 Å². The van der Waals surface area contributed by atoms with Crippen LogP contribution in [0.15, 0.2) is 203 Å². The molecule has 0 atom stereocenters. The first-order chi connectivity index (χ1) is 30.7. The lowest BCUT2D eigenvalue weighted by Crippen LogP contribution is -2.10. The van der Waals surface area contributed by atoms with Crippen molar-refractivity contribution in [2.75, 3.05) is 4.90 Å². The Morgan fingerprint density at radius 2 is 0.965 bits per heavy atom. The number of aromatic nitrogens is 3. The Labute approximate surface area is 336 Å². The molecule has 11 aromatic rings. The zero-order valence-corrected chi connectivity index (χ0v) is 30.1. The van der Waals surface area contributed by atoms with Crippen molar-refractivity contribution < 1.29 is 17.1 Å². The highest BCUT2D eigenvalue weighted by molar-refractivity contribution is 6.13. The van der Waals surface area contributed by atoms with Gasteiger partial charge in [-0.1, -0.05) is 139 Å². The molecule has 57 heavy (non-hydrogen) atoms. The minimum atomic E-state index is -0.482. The van der Waals surface area contributed by atoms with Crippen molar-refractivity contribution in [1.29, 1.82) is 0 Å². The summed E-state index contributed by atoms with van der Waals surface area (Å²) in [4.78, 5) is 16.7. The predicted octanol–water partition coefficient (Wildman–Crippen LogP) is 13.8. The summed E-state index contributed by atoms with van der Waals surface area (Å²) in [6.07, 6.45) is 0. The van der Waals surface area contributed by atoms with Gasteiger partial charge in [-0.2, -0.15) is 0 Å². The first-order valence-corrected chi connectivity index (χ1v) is 18.4. The normalized spacial score (nSPS) is 13.0. The number of benzene rings is 8. The molecular weight excluding hydrogens is 701 g/mol. The fraction of sp³-hybridized carbons (Fsp3) is 0. The minimum Gasteiger partial charge on any atom is -0.456 e. The molecule has 11 rings (SSSR count). The molecular formula is C51H32N4O2. The summed E-state index contributed by atoms with van der Waals surface area (Å²) >= 11 is 0. The second-order valence-electron chi connectivity index (χ2n) is 13.5. The molecule has 3 heterocycles. The predicted molar refractivity (Wildman–Crippen MR) is 231 cm³/mol. The summed E-state index contributed by atoms with van der Waals surface area (Å²) in [7, 11) is 0. The third-order valence-corrected chi connectivity index (χ3v) is 10.1. The van der Waals surface area contributed by atoms with Crippen LogP contribution in [0.5, 0.6) is 0 Å². The summed E-state index contributed by atoms with van der Waals surface area (Å²) in [5.74, 6) is 0.706. The maximum atomic E-state index is 10.3. The van der Waals surface area contributed by atoms with Crippen LogP contribution in [-0.2, 0) is 0 Å². The average Bonchev–Trinajstić information content (AvgIpc) is 3.92. The molecule has 0 aliphatic rings. The molecule has 0 fully saturated rings. The van der Waals surface area contributed by atoms with Gasteiger partial charge in [0.1, 0.15) is 22.3 Å². The lowest BCUT2D eigenvalue weighted by molar-refractivity contribution is 0.668. The molecule has 0 N–H and O–H groups in total. The largest absolute Gasteiger partial charge is 0.456 e. The van der Waals surface area contributed by atoms with Crippen molar-refractivity contribution in [2.45, 2.75) is 0 Å². The minimum absolute atomic E-state index is 0.0209. The zero-order valence-electron chi connectivity index (χ0n) is 36.1. The first-order valence-electron chi connectivity index (χ1n) is 21.4. The smallest absolute Gasteiger partial charge is 0.164 e. The molecule has 6 heteroatoms. The van der Waals surface area contributed by atoms with Crippen molar-refractivity contribution >= 4 is 60.9 Å².